The minimum Gasteiger partial charge on any atom is -0.409 e. The van der Waals surface area contributed by atoms with Crippen LogP contribution in [0.3, 0.4) is 0 Å². The van der Waals surface area contributed by atoms with Crippen LogP contribution in [0, 0.1) is 5.41 Å². The van der Waals surface area contributed by atoms with Crippen molar-refractivity contribution in [3.05, 3.63) is 0 Å². The summed E-state index contributed by atoms with van der Waals surface area (Å²) in [5, 5.41) is 15.5. The zero-order valence-electron chi connectivity index (χ0n) is 11.8. The molecule has 0 aromatic heterocycles. The molecule has 6 heteroatoms. The number of carbonyl (C=O) groups is 1. The molecule has 110 valence electrons. The number of amidine groups is 1. The van der Waals surface area contributed by atoms with E-state index in [1.807, 2.05) is 0 Å². The average molecular weight is 287 g/mol. The Morgan fingerprint density at radius 2 is 2.11 bits per heavy atom. The number of amides is 1. The van der Waals surface area contributed by atoms with Crippen LogP contribution < -0.4 is 11.1 Å². The number of thioether (sulfide) groups is 1. The van der Waals surface area contributed by atoms with Gasteiger partial charge in [0.15, 0.2) is 5.84 Å². The largest absolute Gasteiger partial charge is 0.409 e. The van der Waals surface area contributed by atoms with Crippen molar-refractivity contribution in [1.82, 2.24) is 5.32 Å². The molecule has 4 N–H and O–H groups in total. The number of nitrogens with zero attached hydrogens (tertiary/aromatic N) is 1. The van der Waals surface area contributed by atoms with E-state index in [-0.39, 0.29) is 11.7 Å². The maximum absolute atomic E-state index is 12.4. The summed E-state index contributed by atoms with van der Waals surface area (Å²) in [6, 6.07) is 0. The highest BCUT2D eigenvalue weighted by molar-refractivity contribution is 7.99. The predicted molar refractivity (Wildman–Crippen MR) is 79.5 cm³/mol. The van der Waals surface area contributed by atoms with Crippen molar-refractivity contribution in [2.24, 2.45) is 16.3 Å². The summed E-state index contributed by atoms with van der Waals surface area (Å²) in [5.41, 5.74) is 4.98. The molecule has 1 fully saturated rings. The highest BCUT2D eigenvalue weighted by Crippen LogP contribution is 2.36. The maximum atomic E-state index is 12.4. The van der Waals surface area contributed by atoms with Crippen LogP contribution in [0.4, 0.5) is 0 Å². The van der Waals surface area contributed by atoms with E-state index in [9.17, 15) is 4.79 Å². The zero-order valence-corrected chi connectivity index (χ0v) is 12.6. The second-order valence-corrected chi connectivity index (χ2v) is 6.50. The van der Waals surface area contributed by atoms with Gasteiger partial charge in [0.25, 0.3) is 0 Å². The Bertz CT molecular complexity index is 328. The first-order chi connectivity index (χ1) is 9.06. The van der Waals surface area contributed by atoms with Crippen LogP contribution >= 0.6 is 11.8 Å². The molecule has 1 amide bonds. The minimum atomic E-state index is -0.796. The Labute approximate surface area is 119 Å². The lowest BCUT2D eigenvalue weighted by Gasteiger charge is -2.34. The van der Waals surface area contributed by atoms with E-state index in [0.717, 1.165) is 25.7 Å². The number of carbonyl (C=O) groups excluding carboxylic acids is 1. The van der Waals surface area contributed by atoms with Crippen LogP contribution in [-0.4, -0.2) is 35.0 Å². The lowest BCUT2D eigenvalue weighted by Crippen LogP contribution is -2.51. The second kappa shape index (κ2) is 7.62. The van der Waals surface area contributed by atoms with E-state index in [1.165, 1.54) is 0 Å². The van der Waals surface area contributed by atoms with Gasteiger partial charge in [0.05, 0.1) is 0 Å². The van der Waals surface area contributed by atoms with Crippen LogP contribution in [0.25, 0.3) is 0 Å². The van der Waals surface area contributed by atoms with E-state index in [1.54, 1.807) is 11.8 Å². The Hall–Kier alpha value is -0.910. The molecule has 0 saturated heterocycles. The molecule has 1 aliphatic carbocycles. The molecule has 0 aromatic carbocycles. The van der Waals surface area contributed by atoms with Gasteiger partial charge in [-0.3, -0.25) is 4.79 Å². The molecule has 5 nitrogen and oxygen atoms in total. The first-order valence-corrected chi connectivity index (χ1v) is 8.14. The molecule has 1 aliphatic rings. The van der Waals surface area contributed by atoms with E-state index in [2.05, 4.69) is 23.7 Å². The summed E-state index contributed by atoms with van der Waals surface area (Å²) in [6.45, 7) is 2.78. The van der Waals surface area contributed by atoms with Crippen molar-refractivity contribution in [2.45, 2.75) is 50.7 Å². The molecule has 19 heavy (non-hydrogen) atoms. The number of hydrogen-bond acceptors (Lipinski definition) is 4. The van der Waals surface area contributed by atoms with Gasteiger partial charge in [-0.2, -0.15) is 11.8 Å². The fourth-order valence-corrected chi connectivity index (χ4v) is 2.88. The lowest BCUT2D eigenvalue weighted by atomic mass is 9.72. The van der Waals surface area contributed by atoms with Crippen molar-refractivity contribution in [1.29, 1.82) is 0 Å². The monoisotopic (exact) mass is 287 g/mol. The Balaban J connectivity index is 2.63. The molecular formula is C13H25N3O2S. The van der Waals surface area contributed by atoms with Crippen LogP contribution in [-0.2, 0) is 4.79 Å². The normalized spacial score (nSPS) is 20.8. The van der Waals surface area contributed by atoms with Gasteiger partial charge in [0.1, 0.15) is 5.41 Å². The number of nitrogens with one attached hydrogen (secondary N) is 1. The summed E-state index contributed by atoms with van der Waals surface area (Å²) in [6.07, 6.45) is 7.34. The van der Waals surface area contributed by atoms with Gasteiger partial charge in [-0.25, -0.2) is 0 Å². The molecule has 0 aliphatic heterocycles. The smallest absolute Gasteiger partial charge is 0.233 e. The molecule has 0 spiro atoms. The Kier molecular flexibility index (Phi) is 6.48. The SMILES string of the molecule is CSC(C)CCNC(=O)C1(C(N)=NO)CCCCC1. The highest BCUT2D eigenvalue weighted by Gasteiger charge is 2.43. The molecular weight excluding hydrogens is 262 g/mol. The number of hydrogen-bond donors (Lipinski definition) is 3. The van der Waals surface area contributed by atoms with E-state index in [0.29, 0.717) is 24.6 Å². The van der Waals surface area contributed by atoms with Gasteiger partial charge in [0.2, 0.25) is 5.91 Å². The molecule has 1 atom stereocenters. The summed E-state index contributed by atoms with van der Waals surface area (Å²) >= 11 is 1.78. The summed E-state index contributed by atoms with van der Waals surface area (Å²) in [4.78, 5) is 12.4. The molecule has 1 saturated carbocycles. The first kappa shape index (κ1) is 16.1. The van der Waals surface area contributed by atoms with E-state index in [4.69, 9.17) is 10.9 Å². The molecule has 0 aromatic rings. The third kappa shape index (κ3) is 4.03. The van der Waals surface area contributed by atoms with Crippen molar-refractivity contribution >= 4 is 23.5 Å². The molecule has 0 radical (unpaired) electrons. The lowest BCUT2D eigenvalue weighted by molar-refractivity contribution is -0.129. The van der Waals surface area contributed by atoms with Gasteiger partial charge < -0.3 is 16.3 Å². The highest BCUT2D eigenvalue weighted by atomic mass is 32.2. The Morgan fingerprint density at radius 3 is 2.63 bits per heavy atom. The van der Waals surface area contributed by atoms with Crippen molar-refractivity contribution in [3.8, 4) is 0 Å². The molecule has 0 bridgehead atoms. The van der Waals surface area contributed by atoms with Gasteiger partial charge in [0, 0.05) is 11.8 Å². The summed E-state index contributed by atoms with van der Waals surface area (Å²) < 4.78 is 0. The standard InChI is InChI=1S/C13H25N3O2S/c1-10(19-2)6-9-15-12(17)13(11(14)16-18)7-4-3-5-8-13/h10,18H,3-9H2,1-2H3,(H2,14,16)(H,15,17). The predicted octanol–water partition coefficient (Wildman–Crippen LogP) is 1.94. The first-order valence-electron chi connectivity index (χ1n) is 6.86. The third-order valence-corrected chi connectivity index (χ3v) is 5.02. The Morgan fingerprint density at radius 1 is 1.47 bits per heavy atom. The van der Waals surface area contributed by atoms with E-state index >= 15 is 0 Å². The summed E-state index contributed by atoms with van der Waals surface area (Å²) in [7, 11) is 0. The van der Waals surface area contributed by atoms with Gasteiger partial charge in [-0.1, -0.05) is 31.3 Å². The van der Waals surface area contributed by atoms with Crippen molar-refractivity contribution in [2.75, 3.05) is 12.8 Å². The molecule has 0 heterocycles. The fraction of sp³-hybridized carbons (Fsp3) is 0.846. The van der Waals surface area contributed by atoms with Crippen LogP contribution in [0.15, 0.2) is 5.16 Å². The number of nitrogens with two attached hydrogens (primary N) is 1. The van der Waals surface area contributed by atoms with Gasteiger partial charge in [-0.05, 0) is 25.5 Å². The second-order valence-electron chi connectivity index (χ2n) is 5.22. The van der Waals surface area contributed by atoms with Crippen molar-refractivity contribution in [3.63, 3.8) is 0 Å². The summed E-state index contributed by atoms with van der Waals surface area (Å²) in [5.74, 6) is -0.0292. The van der Waals surface area contributed by atoms with Gasteiger partial charge >= 0.3 is 0 Å². The minimum absolute atomic E-state index is 0.0580. The van der Waals surface area contributed by atoms with Gasteiger partial charge in [-0.15, -0.1) is 0 Å². The fourth-order valence-electron chi connectivity index (χ4n) is 2.53. The topological polar surface area (TPSA) is 87.7 Å². The third-order valence-electron chi connectivity index (χ3n) is 3.98. The van der Waals surface area contributed by atoms with Crippen LogP contribution in [0.2, 0.25) is 0 Å². The van der Waals surface area contributed by atoms with Crippen molar-refractivity contribution < 1.29 is 10.0 Å². The number of rotatable bonds is 6. The van der Waals surface area contributed by atoms with Crippen LogP contribution in [0.1, 0.15) is 45.4 Å². The molecule has 1 rings (SSSR count). The average Bonchev–Trinajstić information content (AvgIpc) is 2.46. The zero-order chi connectivity index (χ0) is 14.3. The van der Waals surface area contributed by atoms with E-state index < -0.39 is 5.41 Å². The number of oxime groups is 1. The maximum Gasteiger partial charge on any atom is 0.233 e. The molecule has 1 unspecified atom stereocenters. The quantitative estimate of drug-likeness (QED) is 0.301. The van der Waals surface area contributed by atoms with Crippen LogP contribution in [0.5, 0.6) is 0 Å².